The van der Waals surface area contributed by atoms with Gasteiger partial charge in [-0.2, -0.15) is 10.2 Å². The van der Waals surface area contributed by atoms with Gasteiger partial charge >= 0.3 is 0 Å². The Hall–Kier alpha value is -0.160. The van der Waals surface area contributed by atoms with Crippen LogP contribution in [-0.4, -0.2) is 21.8 Å². The highest BCUT2D eigenvalue weighted by Crippen LogP contribution is 2.34. The first kappa shape index (κ1) is 7.94. The molecule has 0 aromatic carbocycles. The Morgan fingerprint density at radius 2 is 1.20 bits per heavy atom. The van der Waals surface area contributed by atoms with Gasteiger partial charge in [0.2, 0.25) is 0 Å². The molecule has 2 N–H and O–H groups in total. The van der Waals surface area contributed by atoms with Crippen molar-refractivity contribution in [3.8, 4) is 0 Å². The van der Waals surface area contributed by atoms with Crippen LogP contribution in [0.25, 0.3) is 0 Å². The number of hydrogen-bond donors (Lipinski definition) is 2. The van der Waals surface area contributed by atoms with E-state index in [9.17, 15) is 10.2 Å². The molecule has 2 atom stereocenters. The number of aliphatic hydroxyl groups is 2. The van der Waals surface area contributed by atoms with E-state index in [-0.39, 0.29) is 12.8 Å². The van der Waals surface area contributed by atoms with Gasteiger partial charge in [0, 0.05) is 12.8 Å². The number of rotatable bonds is 0. The van der Waals surface area contributed by atoms with Crippen LogP contribution in [0.4, 0.5) is 0 Å². The minimum absolute atomic E-state index is 0.146. The predicted octanol–water partition coefficient (Wildman–Crippen LogP) is -0.201. The third-order valence-electron chi connectivity index (χ3n) is 1.89. The summed E-state index contributed by atoms with van der Waals surface area (Å²) < 4.78 is 0. The van der Waals surface area contributed by atoms with E-state index in [0.29, 0.717) is 12.8 Å². The Labute approximate surface area is 58.7 Å². The summed E-state index contributed by atoms with van der Waals surface area (Å²) >= 11 is 0. The molecular formula is C6H10O4. The van der Waals surface area contributed by atoms with E-state index in [1.54, 1.807) is 0 Å². The summed E-state index contributed by atoms with van der Waals surface area (Å²) in [6.45, 7) is 0. The van der Waals surface area contributed by atoms with Crippen LogP contribution in [0.3, 0.4) is 0 Å². The average molecular weight is 146 g/mol. The molecule has 0 amide bonds. The average Bonchev–Trinajstić information content (AvgIpc) is 1.77. The first-order chi connectivity index (χ1) is 4.46. The molecule has 0 spiro atoms. The van der Waals surface area contributed by atoms with Crippen molar-refractivity contribution in [2.24, 2.45) is 0 Å². The van der Waals surface area contributed by atoms with Crippen LogP contribution in [0.2, 0.25) is 0 Å². The quantitative estimate of drug-likeness (QED) is 0.464. The van der Waals surface area contributed by atoms with E-state index >= 15 is 0 Å². The highest BCUT2D eigenvalue weighted by molar-refractivity contribution is 4.85. The standard InChI is InChI=1S/C6H10O4/c7-5(8)3-1-2-4-6(5,9)10/h7,9H,1-4H2. The second kappa shape index (κ2) is 2.17. The minimum Gasteiger partial charge on any atom is -0.359 e. The Bertz CT molecular complexity index is 114. The molecule has 2 unspecified atom stereocenters. The number of hydrogen-bond acceptors (Lipinski definition) is 2. The van der Waals surface area contributed by atoms with Gasteiger partial charge in [-0.15, -0.1) is 0 Å². The fourth-order valence-corrected chi connectivity index (χ4v) is 1.12. The molecule has 2 radical (unpaired) electrons. The molecule has 1 fully saturated rings. The zero-order valence-electron chi connectivity index (χ0n) is 5.54. The zero-order chi connectivity index (χ0) is 7.83. The monoisotopic (exact) mass is 146 g/mol. The van der Waals surface area contributed by atoms with Crippen molar-refractivity contribution in [2.45, 2.75) is 37.3 Å². The van der Waals surface area contributed by atoms with Crippen molar-refractivity contribution in [1.82, 2.24) is 0 Å². The molecule has 0 aromatic rings. The molecular weight excluding hydrogens is 136 g/mol. The lowest BCUT2D eigenvalue weighted by molar-refractivity contribution is -0.409. The van der Waals surface area contributed by atoms with Crippen molar-refractivity contribution < 1.29 is 20.4 Å². The van der Waals surface area contributed by atoms with Crippen LogP contribution in [0.5, 0.6) is 0 Å². The van der Waals surface area contributed by atoms with E-state index < -0.39 is 11.6 Å². The maximum Gasteiger partial charge on any atom is 0.256 e. The van der Waals surface area contributed by atoms with Crippen LogP contribution in [0.1, 0.15) is 25.7 Å². The third-order valence-corrected chi connectivity index (χ3v) is 1.89. The van der Waals surface area contributed by atoms with Gasteiger partial charge in [-0.1, -0.05) is 0 Å². The molecule has 0 bridgehead atoms. The lowest BCUT2D eigenvalue weighted by atomic mass is 9.88. The Kier molecular flexibility index (Phi) is 1.72. The molecule has 0 aliphatic heterocycles. The van der Waals surface area contributed by atoms with E-state index in [1.807, 2.05) is 0 Å². The normalized spacial score (nSPS) is 30.0. The molecule has 1 aliphatic carbocycles. The largest absolute Gasteiger partial charge is 0.359 e. The highest BCUT2D eigenvalue weighted by atomic mass is 16.6. The molecule has 0 heterocycles. The van der Waals surface area contributed by atoms with E-state index in [4.69, 9.17) is 10.2 Å². The summed E-state index contributed by atoms with van der Waals surface area (Å²) in [6.07, 6.45) is 0.745. The van der Waals surface area contributed by atoms with E-state index in [2.05, 4.69) is 0 Å². The summed E-state index contributed by atoms with van der Waals surface area (Å²) in [7, 11) is 0. The molecule has 1 rings (SSSR count). The van der Waals surface area contributed by atoms with Crippen LogP contribution in [0.15, 0.2) is 0 Å². The molecule has 1 saturated carbocycles. The first-order valence-electron chi connectivity index (χ1n) is 3.31. The van der Waals surface area contributed by atoms with Gasteiger partial charge < -0.3 is 10.2 Å². The lowest BCUT2D eigenvalue weighted by Crippen LogP contribution is -2.54. The fourth-order valence-electron chi connectivity index (χ4n) is 1.12. The van der Waals surface area contributed by atoms with Crippen LogP contribution in [0, 0.1) is 0 Å². The van der Waals surface area contributed by atoms with E-state index in [0.717, 1.165) is 0 Å². The molecule has 1 aliphatic rings. The summed E-state index contributed by atoms with van der Waals surface area (Å²) in [4.78, 5) is 0. The molecule has 0 aromatic heterocycles. The Morgan fingerprint density at radius 3 is 1.40 bits per heavy atom. The van der Waals surface area contributed by atoms with Gasteiger partial charge in [-0.05, 0) is 12.8 Å². The van der Waals surface area contributed by atoms with Crippen LogP contribution < -0.4 is 0 Å². The third kappa shape index (κ3) is 1.15. The molecule has 0 saturated heterocycles. The topological polar surface area (TPSA) is 80.3 Å². The molecule has 58 valence electrons. The summed E-state index contributed by atoms with van der Waals surface area (Å²) in [6, 6.07) is 0. The molecule has 4 nitrogen and oxygen atoms in total. The van der Waals surface area contributed by atoms with Crippen molar-refractivity contribution >= 4 is 0 Å². The summed E-state index contributed by atoms with van der Waals surface area (Å²) in [5.41, 5.74) is 0. The van der Waals surface area contributed by atoms with Gasteiger partial charge in [0.1, 0.15) is 0 Å². The van der Waals surface area contributed by atoms with Gasteiger partial charge in [0.15, 0.2) is 0 Å². The second-order valence-electron chi connectivity index (χ2n) is 2.78. The maximum absolute atomic E-state index is 10.8. The smallest absolute Gasteiger partial charge is 0.256 e. The van der Waals surface area contributed by atoms with Crippen LogP contribution in [-0.2, 0) is 10.2 Å². The lowest BCUT2D eigenvalue weighted by Gasteiger charge is -2.34. The van der Waals surface area contributed by atoms with Crippen molar-refractivity contribution in [3.63, 3.8) is 0 Å². The van der Waals surface area contributed by atoms with Gasteiger partial charge in [-0.25, -0.2) is 0 Å². The molecule has 10 heavy (non-hydrogen) atoms. The Balaban J connectivity index is 2.70. The van der Waals surface area contributed by atoms with E-state index in [1.165, 1.54) is 0 Å². The van der Waals surface area contributed by atoms with Gasteiger partial charge in [0.25, 0.3) is 11.6 Å². The van der Waals surface area contributed by atoms with Crippen LogP contribution >= 0.6 is 0 Å². The zero-order valence-corrected chi connectivity index (χ0v) is 5.54. The molecule has 4 heteroatoms. The maximum atomic E-state index is 10.8. The fraction of sp³-hybridized carbons (Fsp3) is 1.00. The highest BCUT2D eigenvalue weighted by Gasteiger charge is 2.52. The first-order valence-corrected chi connectivity index (χ1v) is 3.31. The summed E-state index contributed by atoms with van der Waals surface area (Å²) in [5, 5.41) is 39.1. The van der Waals surface area contributed by atoms with Crippen molar-refractivity contribution in [3.05, 3.63) is 0 Å². The Morgan fingerprint density at radius 1 is 0.900 bits per heavy atom. The van der Waals surface area contributed by atoms with Crippen molar-refractivity contribution in [2.75, 3.05) is 0 Å². The SMILES string of the molecule is [O]C1(O)CCCCC1([O])O. The predicted molar refractivity (Wildman–Crippen MR) is 29.7 cm³/mol. The summed E-state index contributed by atoms with van der Waals surface area (Å²) in [5.74, 6) is -5.35. The van der Waals surface area contributed by atoms with Gasteiger partial charge in [0.05, 0.1) is 0 Å². The van der Waals surface area contributed by atoms with Gasteiger partial charge in [-0.3, -0.25) is 0 Å². The minimum atomic E-state index is -2.68. The second-order valence-corrected chi connectivity index (χ2v) is 2.78. The van der Waals surface area contributed by atoms with Crippen molar-refractivity contribution in [1.29, 1.82) is 0 Å².